The van der Waals surface area contributed by atoms with E-state index >= 15 is 0 Å². The van der Waals surface area contributed by atoms with E-state index in [1.807, 2.05) is 0 Å². The summed E-state index contributed by atoms with van der Waals surface area (Å²) in [5, 5.41) is 48.3. The minimum atomic E-state index is -1.58. The van der Waals surface area contributed by atoms with Crippen LogP contribution in [0.4, 0.5) is 0 Å². The number of rotatable bonds is 4. The van der Waals surface area contributed by atoms with E-state index in [1.165, 1.54) is 0 Å². The predicted octanol–water partition coefficient (Wildman–Crippen LogP) is -4.78. The van der Waals surface area contributed by atoms with Crippen molar-refractivity contribution in [3.05, 3.63) is 0 Å². The molecular weight excluding hydrogens is 248 g/mol. The number of nitrogens with two attached hydrogens (primary N) is 1. The quantitative estimate of drug-likeness (QED) is 0.266. The van der Waals surface area contributed by atoms with Crippen LogP contribution in [0.2, 0.25) is 0 Å². The third-order valence-corrected chi connectivity index (χ3v) is 2.71. The van der Waals surface area contributed by atoms with Gasteiger partial charge in [0, 0.05) is 0 Å². The smallest absolute Gasteiger partial charge is 0.241 e. The van der Waals surface area contributed by atoms with Crippen LogP contribution >= 0.6 is 0 Å². The number of hydrogen-bond acceptors (Lipinski definition) is 8. The largest absolute Gasteiger partial charge is 0.394 e. The normalized spacial score (nSPS) is 38.2. The van der Waals surface area contributed by atoms with Crippen molar-refractivity contribution in [3.8, 4) is 0 Å². The maximum atomic E-state index is 11.4. The van der Waals surface area contributed by atoms with Crippen molar-refractivity contribution in [1.29, 1.82) is 0 Å². The molecule has 0 saturated carbocycles. The Bertz CT molecular complexity index is 288. The van der Waals surface area contributed by atoms with Gasteiger partial charge in [0.2, 0.25) is 5.91 Å². The number of nitrogens with one attached hydrogen (secondary N) is 1. The molecule has 1 heterocycles. The Hall–Kier alpha value is -0.810. The Kier molecular flexibility index (Phi) is 5.41. The lowest BCUT2D eigenvalue weighted by Gasteiger charge is -2.40. The predicted molar refractivity (Wildman–Crippen MR) is 57.0 cm³/mol. The Morgan fingerprint density at radius 1 is 1.22 bits per heavy atom. The van der Waals surface area contributed by atoms with Crippen LogP contribution in [0.25, 0.3) is 0 Å². The van der Waals surface area contributed by atoms with E-state index in [0.717, 1.165) is 0 Å². The molecule has 6 atom stereocenters. The molecule has 0 aromatic heterocycles. The summed E-state index contributed by atoms with van der Waals surface area (Å²) in [7, 11) is 0. The van der Waals surface area contributed by atoms with Crippen LogP contribution in [0, 0.1) is 0 Å². The molecule has 0 aromatic carbocycles. The number of carbonyl (C=O) groups is 1. The van der Waals surface area contributed by atoms with Gasteiger partial charge in [0.15, 0.2) is 6.23 Å². The molecule has 1 fully saturated rings. The number of amides is 1. The van der Waals surface area contributed by atoms with Crippen LogP contribution in [0.1, 0.15) is 0 Å². The van der Waals surface area contributed by atoms with Gasteiger partial charge in [0.1, 0.15) is 30.5 Å². The van der Waals surface area contributed by atoms with Crippen molar-refractivity contribution in [3.63, 3.8) is 0 Å². The van der Waals surface area contributed by atoms with E-state index < -0.39 is 55.8 Å². The summed E-state index contributed by atoms with van der Waals surface area (Å²) >= 11 is 0. The Morgan fingerprint density at radius 3 is 2.33 bits per heavy atom. The van der Waals surface area contributed by atoms with Crippen LogP contribution in [-0.2, 0) is 9.53 Å². The second-order valence-corrected chi connectivity index (χ2v) is 4.05. The second kappa shape index (κ2) is 6.38. The molecule has 9 heteroatoms. The van der Waals surface area contributed by atoms with Gasteiger partial charge in [-0.25, -0.2) is 0 Å². The van der Waals surface area contributed by atoms with Gasteiger partial charge < -0.3 is 41.3 Å². The van der Waals surface area contributed by atoms with Gasteiger partial charge >= 0.3 is 0 Å². The summed E-state index contributed by atoms with van der Waals surface area (Å²) in [6, 6.07) is -1.20. The summed E-state index contributed by atoms with van der Waals surface area (Å²) in [6.45, 7) is -1.19. The fraction of sp³-hybridized carbons (Fsp3) is 0.889. The Balaban J connectivity index is 2.67. The highest BCUT2D eigenvalue weighted by Crippen LogP contribution is 2.19. The van der Waals surface area contributed by atoms with E-state index in [4.69, 9.17) is 20.7 Å². The van der Waals surface area contributed by atoms with Gasteiger partial charge in [-0.3, -0.25) is 4.79 Å². The van der Waals surface area contributed by atoms with Crippen molar-refractivity contribution in [2.24, 2.45) is 5.73 Å². The molecule has 0 radical (unpaired) electrons. The summed E-state index contributed by atoms with van der Waals surface area (Å²) in [4.78, 5) is 11.4. The van der Waals surface area contributed by atoms with Crippen molar-refractivity contribution in [1.82, 2.24) is 5.32 Å². The molecule has 9 nitrogen and oxygen atoms in total. The zero-order valence-electron chi connectivity index (χ0n) is 9.51. The van der Waals surface area contributed by atoms with Crippen molar-refractivity contribution in [2.45, 2.75) is 36.7 Å². The van der Waals surface area contributed by atoms with Gasteiger partial charge in [-0.15, -0.1) is 0 Å². The fourth-order valence-corrected chi connectivity index (χ4v) is 1.55. The molecule has 106 valence electrons. The number of carbonyl (C=O) groups excluding carboxylic acids is 1. The Labute approximate surface area is 103 Å². The third kappa shape index (κ3) is 3.14. The molecule has 1 aliphatic rings. The van der Waals surface area contributed by atoms with Gasteiger partial charge in [-0.2, -0.15) is 0 Å². The van der Waals surface area contributed by atoms with Crippen molar-refractivity contribution >= 4 is 5.91 Å². The number of ether oxygens (including phenoxy) is 1. The van der Waals surface area contributed by atoms with Crippen LogP contribution in [0.3, 0.4) is 0 Å². The zero-order valence-corrected chi connectivity index (χ0v) is 9.51. The fourth-order valence-electron chi connectivity index (χ4n) is 1.55. The minimum Gasteiger partial charge on any atom is -0.394 e. The molecule has 18 heavy (non-hydrogen) atoms. The van der Waals surface area contributed by atoms with Crippen LogP contribution in [-0.4, -0.2) is 81.3 Å². The molecule has 0 bridgehead atoms. The lowest BCUT2D eigenvalue weighted by molar-refractivity contribution is -0.236. The highest BCUT2D eigenvalue weighted by Gasteiger charge is 2.44. The lowest BCUT2D eigenvalue weighted by atomic mass is 9.98. The van der Waals surface area contributed by atoms with E-state index in [0.29, 0.717) is 0 Å². The molecule has 0 unspecified atom stereocenters. The van der Waals surface area contributed by atoms with Crippen molar-refractivity contribution in [2.75, 3.05) is 13.2 Å². The molecule has 0 spiro atoms. The SMILES string of the molecule is N[C@@H](CO)C(=O)N[C@@H]1O[C@H](CO)[C@H](O)[C@H](O)[C@H]1O. The maximum absolute atomic E-state index is 11.4. The highest BCUT2D eigenvalue weighted by atomic mass is 16.6. The van der Waals surface area contributed by atoms with Gasteiger partial charge in [0.25, 0.3) is 0 Å². The number of aliphatic hydroxyl groups excluding tert-OH is 5. The summed E-state index contributed by atoms with van der Waals surface area (Å²) < 4.78 is 5.02. The summed E-state index contributed by atoms with van der Waals surface area (Å²) in [6.07, 6.45) is -7.08. The van der Waals surface area contributed by atoms with Crippen LogP contribution < -0.4 is 11.1 Å². The average molecular weight is 266 g/mol. The molecule has 0 aromatic rings. The molecular formula is C9H18N2O7. The van der Waals surface area contributed by atoms with E-state index in [1.54, 1.807) is 0 Å². The average Bonchev–Trinajstić information content (AvgIpc) is 2.38. The first-order chi connectivity index (χ1) is 8.42. The first-order valence-electron chi connectivity index (χ1n) is 5.39. The first-order valence-corrected chi connectivity index (χ1v) is 5.39. The number of aliphatic hydroxyl groups is 5. The van der Waals surface area contributed by atoms with Crippen LogP contribution in [0.15, 0.2) is 0 Å². The van der Waals surface area contributed by atoms with E-state index in [-0.39, 0.29) is 0 Å². The van der Waals surface area contributed by atoms with Gasteiger partial charge in [-0.1, -0.05) is 0 Å². The molecule has 1 rings (SSSR count). The van der Waals surface area contributed by atoms with Crippen LogP contribution in [0.5, 0.6) is 0 Å². The topological polar surface area (TPSA) is 166 Å². The summed E-state index contributed by atoms with van der Waals surface area (Å²) in [5.41, 5.74) is 5.25. The summed E-state index contributed by atoms with van der Waals surface area (Å²) in [5.74, 6) is -0.790. The minimum absolute atomic E-state index is 0.594. The molecule has 8 N–H and O–H groups in total. The standard InChI is InChI=1S/C9H18N2O7/c10-3(1-12)8(17)11-9-7(16)6(15)5(14)4(2-13)18-9/h3-7,9,12-16H,1-2,10H2,(H,11,17)/t3-,4+,5-,6-,7+,9+/m0/s1. The molecule has 1 amide bonds. The molecule has 0 aliphatic carbocycles. The number of hydrogen-bond donors (Lipinski definition) is 7. The Morgan fingerprint density at radius 2 is 1.83 bits per heavy atom. The van der Waals surface area contributed by atoms with E-state index in [2.05, 4.69) is 5.32 Å². The molecule has 1 aliphatic heterocycles. The van der Waals surface area contributed by atoms with Crippen molar-refractivity contribution < 1.29 is 35.1 Å². The second-order valence-electron chi connectivity index (χ2n) is 4.05. The van der Waals surface area contributed by atoms with Gasteiger partial charge in [-0.05, 0) is 0 Å². The third-order valence-electron chi connectivity index (χ3n) is 2.71. The maximum Gasteiger partial charge on any atom is 0.241 e. The molecule has 1 saturated heterocycles. The van der Waals surface area contributed by atoms with E-state index in [9.17, 15) is 20.1 Å². The first kappa shape index (κ1) is 15.2. The van der Waals surface area contributed by atoms with Gasteiger partial charge in [0.05, 0.1) is 13.2 Å². The zero-order chi connectivity index (χ0) is 13.9. The monoisotopic (exact) mass is 266 g/mol. The highest BCUT2D eigenvalue weighted by molar-refractivity contribution is 5.81. The lowest BCUT2D eigenvalue weighted by Crippen LogP contribution is -2.64.